The molecule has 0 aromatic rings. The van der Waals surface area contributed by atoms with Gasteiger partial charge in [-0.3, -0.25) is 4.79 Å². The average molecular weight is 203 g/mol. The predicted molar refractivity (Wildman–Crippen MR) is 33.0 cm³/mol. The van der Waals surface area contributed by atoms with Crippen molar-refractivity contribution in [1.29, 1.82) is 0 Å². The molecule has 1 amide bonds. The van der Waals surface area contributed by atoms with Crippen molar-refractivity contribution in [3.63, 3.8) is 0 Å². The van der Waals surface area contributed by atoms with E-state index in [9.17, 15) is 13.2 Å². The van der Waals surface area contributed by atoms with E-state index in [1.165, 1.54) is 6.92 Å². The second kappa shape index (κ2) is 4.01. The van der Waals surface area contributed by atoms with Crippen LogP contribution in [-0.2, 0) is 19.3 Å². The molecule has 1 N–H and O–H groups in total. The minimum atomic E-state index is -3.85. The molecule has 0 bridgehead atoms. The van der Waals surface area contributed by atoms with E-state index in [0.717, 1.165) is 6.08 Å². The summed E-state index contributed by atoms with van der Waals surface area (Å²) in [6.45, 7) is 1.39. The number of allylic oxidation sites excluding steroid dienone is 1. The fraction of sp³-hybridized carbons (Fsp3) is 0.250. The molecule has 58 valence electrons. The van der Waals surface area contributed by atoms with Crippen molar-refractivity contribution in [2.45, 2.75) is 6.92 Å². The van der Waals surface area contributed by atoms with E-state index in [-0.39, 0.29) is 58.6 Å². The summed E-state index contributed by atoms with van der Waals surface area (Å²) < 4.78 is 26.8. The molecule has 1 rings (SSSR count). The minimum absolute atomic E-state index is 0. The number of hydrogen-bond donors (Lipinski definition) is 1. The quantitative estimate of drug-likeness (QED) is 0.413. The molecule has 0 aromatic heterocycles. The van der Waals surface area contributed by atoms with Crippen LogP contribution in [-0.4, -0.2) is 14.3 Å². The van der Waals surface area contributed by atoms with E-state index in [4.69, 9.17) is 0 Å². The van der Waals surface area contributed by atoms with Crippen molar-refractivity contribution in [3.8, 4) is 0 Å². The SMILES string of the molecule is CC1=CC(=O)NS(=O)(=O)O1.[H-].[K+]. The second-order valence-electron chi connectivity index (χ2n) is 1.76. The third-order valence-electron chi connectivity index (χ3n) is 0.801. The van der Waals surface area contributed by atoms with E-state index in [1.807, 2.05) is 0 Å². The standard InChI is InChI=1S/C4H5NO4S.K.H/c1-3-2-4(6)5-10(7,8)9-3;;/h2H,1H3,(H,5,6);;/q;+1;-1. The fourth-order valence-corrected chi connectivity index (χ4v) is 1.30. The van der Waals surface area contributed by atoms with E-state index in [2.05, 4.69) is 4.18 Å². The van der Waals surface area contributed by atoms with Crippen molar-refractivity contribution in [1.82, 2.24) is 4.72 Å². The molecule has 1 aliphatic heterocycles. The molecule has 0 radical (unpaired) electrons. The van der Waals surface area contributed by atoms with Crippen LogP contribution < -0.4 is 56.1 Å². The molecule has 0 fully saturated rings. The van der Waals surface area contributed by atoms with Gasteiger partial charge in [0.05, 0.1) is 0 Å². The molecule has 11 heavy (non-hydrogen) atoms. The van der Waals surface area contributed by atoms with Crippen molar-refractivity contribution in [2.24, 2.45) is 0 Å². The van der Waals surface area contributed by atoms with Crippen molar-refractivity contribution >= 4 is 16.2 Å². The summed E-state index contributed by atoms with van der Waals surface area (Å²) in [5.74, 6) is -0.604. The summed E-state index contributed by atoms with van der Waals surface area (Å²) in [5.41, 5.74) is 0. The average Bonchev–Trinajstić information content (AvgIpc) is 1.54. The molecule has 0 aromatic carbocycles. The van der Waals surface area contributed by atoms with Crippen molar-refractivity contribution in [2.75, 3.05) is 0 Å². The summed E-state index contributed by atoms with van der Waals surface area (Å²) in [7, 11) is -3.85. The third kappa shape index (κ3) is 3.68. The van der Waals surface area contributed by atoms with Crippen LogP contribution in [0.3, 0.4) is 0 Å². The van der Waals surface area contributed by atoms with Gasteiger partial charge in [-0.25, -0.2) is 4.72 Å². The zero-order chi connectivity index (χ0) is 7.78. The van der Waals surface area contributed by atoms with Gasteiger partial charge in [-0.2, -0.15) is 8.42 Å². The molecule has 0 spiro atoms. The van der Waals surface area contributed by atoms with Crippen molar-refractivity contribution < 1.29 is 70.2 Å². The third-order valence-corrected chi connectivity index (χ3v) is 1.73. The summed E-state index contributed by atoms with van der Waals surface area (Å²) in [6, 6.07) is 0. The Balaban J connectivity index is 0. The van der Waals surface area contributed by atoms with Crippen LogP contribution in [0.25, 0.3) is 0 Å². The smallest absolute Gasteiger partial charge is 1.00 e. The molecule has 0 saturated carbocycles. The van der Waals surface area contributed by atoms with Crippen LogP contribution in [0.1, 0.15) is 8.35 Å². The molecular weight excluding hydrogens is 197 g/mol. The Bertz CT molecular complexity index is 298. The maximum Gasteiger partial charge on any atom is 1.00 e. The van der Waals surface area contributed by atoms with Gasteiger partial charge in [0.25, 0.3) is 5.91 Å². The first-order chi connectivity index (χ1) is 4.49. The second-order valence-corrected chi connectivity index (χ2v) is 3.04. The van der Waals surface area contributed by atoms with Crippen LogP contribution in [0.2, 0.25) is 0 Å². The Hall–Kier alpha value is 0.596. The molecule has 1 aliphatic rings. The van der Waals surface area contributed by atoms with Gasteiger partial charge in [0.15, 0.2) is 0 Å². The van der Waals surface area contributed by atoms with Crippen LogP contribution in [0.5, 0.6) is 0 Å². The first kappa shape index (κ1) is 11.6. The van der Waals surface area contributed by atoms with Gasteiger partial charge in [0, 0.05) is 6.08 Å². The summed E-state index contributed by atoms with van der Waals surface area (Å²) in [6.07, 6.45) is 1.06. The number of rotatable bonds is 0. The van der Waals surface area contributed by atoms with Gasteiger partial charge >= 0.3 is 61.7 Å². The van der Waals surface area contributed by atoms with Crippen LogP contribution in [0, 0.1) is 0 Å². The summed E-state index contributed by atoms with van der Waals surface area (Å²) in [5, 5.41) is 0. The van der Waals surface area contributed by atoms with Crippen molar-refractivity contribution in [3.05, 3.63) is 11.8 Å². The maximum absolute atomic E-state index is 10.5. The molecule has 0 saturated heterocycles. The largest absolute Gasteiger partial charge is 1.00 e. The Kier molecular flexibility index (Phi) is 4.23. The fourth-order valence-electron chi connectivity index (χ4n) is 0.555. The number of carbonyl (C=O) groups is 1. The van der Waals surface area contributed by atoms with Gasteiger partial charge in [0.2, 0.25) is 0 Å². The molecular formula is C4H6KNO4S. The van der Waals surface area contributed by atoms with Gasteiger partial charge in [0.1, 0.15) is 5.76 Å². The number of hydrogen-bond acceptors (Lipinski definition) is 4. The zero-order valence-electron chi connectivity index (χ0n) is 7.12. The zero-order valence-corrected chi connectivity index (χ0v) is 10.1. The van der Waals surface area contributed by atoms with Crippen LogP contribution in [0.4, 0.5) is 0 Å². The molecule has 7 heteroatoms. The first-order valence-corrected chi connectivity index (χ1v) is 3.85. The molecule has 0 atom stereocenters. The van der Waals surface area contributed by atoms with E-state index >= 15 is 0 Å². The Labute approximate surface area is 108 Å². The molecule has 1 heterocycles. The van der Waals surface area contributed by atoms with Gasteiger partial charge in [-0.05, 0) is 6.92 Å². The summed E-state index contributed by atoms with van der Waals surface area (Å²) in [4.78, 5) is 10.4. The number of carbonyl (C=O) groups excluding carboxylic acids is 1. The van der Waals surface area contributed by atoms with Crippen LogP contribution in [0.15, 0.2) is 11.8 Å². The monoisotopic (exact) mass is 203 g/mol. The predicted octanol–water partition coefficient (Wildman–Crippen LogP) is -3.60. The topological polar surface area (TPSA) is 72.5 Å². The number of nitrogens with one attached hydrogen (secondary N) is 1. The van der Waals surface area contributed by atoms with E-state index in [0.29, 0.717) is 0 Å². The van der Waals surface area contributed by atoms with Gasteiger partial charge in [-0.15, -0.1) is 0 Å². The molecule has 5 nitrogen and oxygen atoms in total. The Morgan fingerprint density at radius 3 is 2.55 bits per heavy atom. The van der Waals surface area contributed by atoms with Gasteiger partial charge in [-0.1, -0.05) is 0 Å². The number of amides is 1. The molecule has 0 unspecified atom stereocenters. The first-order valence-electron chi connectivity index (χ1n) is 2.44. The Morgan fingerprint density at radius 1 is 1.64 bits per heavy atom. The Morgan fingerprint density at radius 2 is 2.18 bits per heavy atom. The van der Waals surface area contributed by atoms with Gasteiger partial charge < -0.3 is 5.61 Å². The summed E-state index contributed by atoms with van der Waals surface area (Å²) >= 11 is 0. The van der Waals surface area contributed by atoms with E-state index in [1.54, 1.807) is 4.72 Å². The normalized spacial score (nSPS) is 20.5. The van der Waals surface area contributed by atoms with E-state index < -0.39 is 16.2 Å². The molecule has 0 aliphatic carbocycles. The minimum Gasteiger partial charge on any atom is -1.00 e. The maximum atomic E-state index is 10.5. The van der Waals surface area contributed by atoms with Crippen LogP contribution >= 0.6 is 0 Å².